The second-order valence-corrected chi connectivity index (χ2v) is 1.95. The van der Waals surface area contributed by atoms with Crippen LogP contribution in [0, 0.1) is 5.41 Å². The van der Waals surface area contributed by atoms with E-state index < -0.39 is 0 Å². The van der Waals surface area contributed by atoms with E-state index in [4.69, 9.17) is 11.1 Å². The van der Waals surface area contributed by atoms with Gasteiger partial charge in [-0.3, -0.25) is 0 Å². The van der Waals surface area contributed by atoms with E-state index in [1.165, 1.54) is 0 Å². The Balaban J connectivity index is 3.32. The average Bonchev–Trinajstić information content (AvgIpc) is 1.27. The van der Waals surface area contributed by atoms with E-state index in [1.54, 1.807) is 6.92 Å². The number of rotatable bonds is 2. The lowest BCUT2D eigenvalue weighted by atomic mass is 10.3. The van der Waals surface area contributed by atoms with Gasteiger partial charge in [-0.15, -0.1) is 0 Å². The van der Waals surface area contributed by atoms with Crippen LogP contribution in [0.5, 0.6) is 0 Å². The van der Waals surface area contributed by atoms with Crippen LogP contribution in [0.4, 0.5) is 0 Å². The van der Waals surface area contributed by atoms with Crippen LogP contribution in [-0.4, -0.2) is 10.7 Å². The summed E-state index contributed by atoms with van der Waals surface area (Å²) in [6, 6.07) is 0. The Kier molecular flexibility index (Phi) is 2.52. The zero-order valence-electron chi connectivity index (χ0n) is 4.19. The van der Waals surface area contributed by atoms with Crippen molar-refractivity contribution in [3.63, 3.8) is 0 Å². The van der Waals surface area contributed by atoms with Crippen molar-refractivity contribution in [3.8, 4) is 0 Å². The third-order valence-electron chi connectivity index (χ3n) is 0.439. The lowest BCUT2D eigenvalue weighted by Crippen LogP contribution is -2.10. The lowest BCUT2D eigenvalue weighted by molar-refractivity contribution is 1.38. The molecule has 0 aliphatic carbocycles. The Hall–Kier alpha value is -0.440. The maximum Gasteiger partial charge on any atom is 0.0783 e. The molecule has 2 nitrogen and oxygen atoms in total. The van der Waals surface area contributed by atoms with E-state index in [9.17, 15) is 0 Å². The molecule has 0 aromatic rings. The largest absolute Gasteiger partial charge is 0.393 e. The van der Waals surface area contributed by atoms with Gasteiger partial charge in [0.15, 0.2) is 0 Å². The molecule has 0 unspecified atom stereocenters. The molecule has 0 spiro atoms. The van der Waals surface area contributed by atoms with Crippen molar-refractivity contribution in [1.29, 1.82) is 5.41 Å². The molecule has 0 fully saturated rings. The van der Waals surface area contributed by atoms with Gasteiger partial charge in [-0.2, -0.15) is 0 Å². The zero-order chi connectivity index (χ0) is 5.86. The summed E-state index contributed by atoms with van der Waals surface area (Å²) >= 11 is 4.51. The monoisotopic (exact) mass is 116 g/mol. The van der Waals surface area contributed by atoms with Crippen LogP contribution in [-0.2, 0) is 0 Å². The first-order valence-electron chi connectivity index (χ1n) is 1.95. The summed E-state index contributed by atoms with van der Waals surface area (Å²) in [6.07, 6.45) is 0.454. The van der Waals surface area contributed by atoms with Crippen molar-refractivity contribution >= 4 is 22.9 Å². The molecule has 0 amide bonds. The molecular formula is C4H8N2S. The van der Waals surface area contributed by atoms with Gasteiger partial charge in [-0.05, 0) is 6.92 Å². The first-order valence-corrected chi connectivity index (χ1v) is 2.36. The molecular weight excluding hydrogens is 108 g/mol. The predicted octanol–water partition coefficient (Wildman–Crippen LogP) is 0.702. The molecule has 0 radical (unpaired) electrons. The summed E-state index contributed by atoms with van der Waals surface area (Å²) in [5.74, 6) is 0. The number of hydrogen-bond acceptors (Lipinski definition) is 2. The molecule has 0 aromatic carbocycles. The first-order chi connectivity index (χ1) is 3.13. The number of thiocarbonyl (C=S) groups is 1. The van der Waals surface area contributed by atoms with Crippen molar-refractivity contribution in [2.75, 3.05) is 0 Å². The highest BCUT2D eigenvalue weighted by Gasteiger charge is 1.87. The maximum atomic E-state index is 6.86. The minimum Gasteiger partial charge on any atom is -0.393 e. The Morgan fingerprint density at radius 1 is 1.86 bits per heavy atom. The van der Waals surface area contributed by atoms with Crippen LogP contribution < -0.4 is 5.73 Å². The minimum absolute atomic E-state index is 0.396. The Labute approximate surface area is 48.2 Å². The molecule has 0 saturated heterocycles. The third kappa shape index (κ3) is 5.56. The summed E-state index contributed by atoms with van der Waals surface area (Å²) < 4.78 is 0. The predicted molar refractivity (Wildman–Crippen MR) is 34.8 cm³/mol. The van der Waals surface area contributed by atoms with Gasteiger partial charge in [-0.25, -0.2) is 0 Å². The van der Waals surface area contributed by atoms with Gasteiger partial charge in [0, 0.05) is 12.1 Å². The highest BCUT2D eigenvalue weighted by atomic mass is 32.1. The van der Waals surface area contributed by atoms with E-state index in [0.29, 0.717) is 17.1 Å². The standard InChI is InChI=1S/C4H8N2S/c1-3(5)2-4(6)7/h5H,2H2,1H3,(H2,6,7). The molecule has 0 aliphatic rings. The quantitative estimate of drug-likeness (QED) is 0.412. The summed E-state index contributed by atoms with van der Waals surface area (Å²) in [5, 5.41) is 6.86. The summed E-state index contributed by atoms with van der Waals surface area (Å²) in [6.45, 7) is 1.68. The molecule has 3 N–H and O–H groups in total. The van der Waals surface area contributed by atoms with Crippen molar-refractivity contribution in [2.24, 2.45) is 5.73 Å². The smallest absolute Gasteiger partial charge is 0.0783 e. The van der Waals surface area contributed by atoms with E-state index in [-0.39, 0.29) is 0 Å². The summed E-state index contributed by atoms with van der Waals surface area (Å²) in [5.41, 5.74) is 5.60. The van der Waals surface area contributed by atoms with E-state index in [2.05, 4.69) is 12.2 Å². The van der Waals surface area contributed by atoms with E-state index >= 15 is 0 Å². The highest BCUT2D eigenvalue weighted by Crippen LogP contribution is 1.79. The van der Waals surface area contributed by atoms with E-state index in [0.717, 1.165) is 0 Å². The molecule has 0 atom stereocenters. The number of nitrogens with one attached hydrogen (secondary N) is 1. The molecule has 3 heteroatoms. The zero-order valence-corrected chi connectivity index (χ0v) is 5.01. The van der Waals surface area contributed by atoms with Crippen molar-refractivity contribution in [2.45, 2.75) is 13.3 Å². The molecule has 0 saturated carbocycles. The summed E-state index contributed by atoms with van der Waals surface area (Å²) in [7, 11) is 0. The second-order valence-electron chi connectivity index (χ2n) is 1.42. The van der Waals surface area contributed by atoms with Gasteiger partial charge in [0.25, 0.3) is 0 Å². The molecule has 0 bridgehead atoms. The SMILES string of the molecule is CC(=N)CC(N)=S. The first kappa shape index (κ1) is 6.56. The molecule has 0 aromatic heterocycles. The fourth-order valence-corrected chi connectivity index (χ4v) is 0.478. The van der Waals surface area contributed by atoms with Gasteiger partial charge in [0.2, 0.25) is 0 Å². The van der Waals surface area contributed by atoms with Crippen LogP contribution in [0.15, 0.2) is 0 Å². The molecule has 0 rings (SSSR count). The van der Waals surface area contributed by atoms with Gasteiger partial charge >= 0.3 is 0 Å². The minimum atomic E-state index is 0.396. The topological polar surface area (TPSA) is 49.9 Å². The lowest BCUT2D eigenvalue weighted by Gasteiger charge is -1.89. The van der Waals surface area contributed by atoms with Gasteiger partial charge in [0.1, 0.15) is 0 Å². The van der Waals surface area contributed by atoms with Crippen molar-refractivity contribution in [1.82, 2.24) is 0 Å². The van der Waals surface area contributed by atoms with Gasteiger partial charge in [0.05, 0.1) is 4.99 Å². The molecule has 0 aliphatic heterocycles. The van der Waals surface area contributed by atoms with Crippen LogP contribution >= 0.6 is 12.2 Å². The van der Waals surface area contributed by atoms with Crippen LogP contribution in [0.2, 0.25) is 0 Å². The highest BCUT2D eigenvalue weighted by molar-refractivity contribution is 7.80. The second kappa shape index (κ2) is 2.69. The van der Waals surface area contributed by atoms with Gasteiger partial charge in [-0.1, -0.05) is 12.2 Å². The number of nitrogens with two attached hydrogens (primary N) is 1. The maximum absolute atomic E-state index is 6.86. The fraction of sp³-hybridized carbons (Fsp3) is 0.500. The Morgan fingerprint density at radius 3 is 2.29 bits per heavy atom. The normalized spacial score (nSPS) is 8.14. The Bertz CT molecular complexity index is 85.9. The molecule has 40 valence electrons. The summed E-state index contributed by atoms with van der Waals surface area (Å²) in [4.78, 5) is 0.396. The Morgan fingerprint density at radius 2 is 2.29 bits per heavy atom. The van der Waals surface area contributed by atoms with Crippen molar-refractivity contribution < 1.29 is 0 Å². The average molecular weight is 116 g/mol. The number of hydrogen-bond donors (Lipinski definition) is 2. The van der Waals surface area contributed by atoms with Gasteiger partial charge < -0.3 is 11.1 Å². The molecule has 7 heavy (non-hydrogen) atoms. The fourth-order valence-electron chi connectivity index (χ4n) is 0.261. The van der Waals surface area contributed by atoms with Crippen LogP contribution in [0.1, 0.15) is 13.3 Å². The molecule has 0 heterocycles. The van der Waals surface area contributed by atoms with E-state index in [1.807, 2.05) is 0 Å². The van der Waals surface area contributed by atoms with Crippen molar-refractivity contribution in [3.05, 3.63) is 0 Å². The van der Waals surface area contributed by atoms with Crippen LogP contribution in [0.3, 0.4) is 0 Å². The van der Waals surface area contributed by atoms with Crippen LogP contribution in [0.25, 0.3) is 0 Å². The third-order valence-corrected chi connectivity index (χ3v) is 0.584.